The topological polar surface area (TPSA) is 87.0 Å². The Balaban J connectivity index is 4.65. The van der Waals surface area contributed by atoms with Gasteiger partial charge in [-0.2, -0.15) is 0 Å². The van der Waals surface area contributed by atoms with E-state index in [4.69, 9.17) is 4.74 Å². The van der Waals surface area contributed by atoms with E-state index in [0.29, 0.717) is 24.8 Å². The molecule has 0 aromatic rings. The van der Waals surface area contributed by atoms with E-state index in [2.05, 4.69) is 13.2 Å². The van der Waals surface area contributed by atoms with Crippen LogP contribution in [0.25, 0.3) is 0 Å². The second-order valence-electron chi connectivity index (χ2n) is 4.62. The summed E-state index contributed by atoms with van der Waals surface area (Å²) in [6.07, 6.45) is 5.94. The Labute approximate surface area is 119 Å². The zero-order valence-electron chi connectivity index (χ0n) is 11.8. The number of carbonyl (C=O) groups excluding carboxylic acids is 1. The lowest BCUT2D eigenvalue weighted by molar-refractivity contribution is -0.137. The maximum atomic E-state index is 11.7. The van der Waals surface area contributed by atoms with E-state index >= 15 is 0 Å². The maximum Gasteiger partial charge on any atom is 0.334 e. The number of hydrogen-bond donors (Lipinski definition) is 3. The molecule has 0 fully saturated rings. The molecule has 114 valence electrons. The lowest BCUT2D eigenvalue weighted by Gasteiger charge is -2.26. The van der Waals surface area contributed by atoms with E-state index in [0.717, 1.165) is 0 Å². The minimum Gasteiger partial charge on any atom is -0.458 e. The van der Waals surface area contributed by atoms with Crippen LogP contribution in [0, 0.1) is 5.41 Å². The highest BCUT2D eigenvalue weighted by molar-refractivity contribution is 5.88. The van der Waals surface area contributed by atoms with E-state index in [1.54, 1.807) is 12.2 Å². The molecule has 20 heavy (non-hydrogen) atoms. The van der Waals surface area contributed by atoms with Crippen LogP contribution in [-0.2, 0) is 9.53 Å². The molecule has 0 heterocycles. The van der Waals surface area contributed by atoms with Gasteiger partial charge in [0.25, 0.3) is 0 Å². The monoisotopic (exact) mass is 284 g/mol. The molecule has 5 heteroatoms. The first-order chi connectivity index (χ1) is 9.59. The first-order valence-corrected chi connectivity index (χ1v) is 6.49. The third-order valence-corrected chi connectivity index (χ3v) is 3.03. The summed E-state index contributed by atoms with van der Waals surface area (Å²) in [5.74, 6) is -0.438. The van der Waals surface area contributed by atoms with Crippen LogP contribution in [0.4, 0.5) is 0 Å². The van der Waals surface area contributed by atoms with Crippen molar-refractivity contribution in [3.63, 3.8) is 0 Å². The van der Waals surface area contributed by atoms with Crippen LogP contribution in [0.15, 0.2) is 37.0 Å². The number of carbonyl (C=O) groups is 1. The summed E-state index contributed by atoms with van der Waals surface area (Å²) < 4.78 is 4.95. The van der Waals surface area contributed by atoms with Gasteiger partial charge in [0.05, 0.1) is 19.8 Å². The van der Waals surface area contributed by atoms with Gasteiger partial charge in [0.15, 0.2) is 0 Å². The van der Waals surface area contributed by atoms with Gasteiger partial charge in [0.2, 0.25) is 0 Å². The van der Waals surface area contributed by atoms with Crippen molar-refractivity contribution in [2.45, 2.75) is 19.3 Å². The SMILES string of the molecule is C=CCOC(=O)C(=CCCC(CO)(CO)CO)CC=C. The molecular weight excluding hydrogens is 260 g/mol. The molecule has 0 aromatic heterocycles. The molecule has 0 aromatic carbocycles. The normalized spacial score (nSPS) is 12.1. The van der Waals surface area contributed by atoms with Crippen LogP contribution < -0.4 is 0 Å². The van der Waals surface area contributed by atoms with E-state index in [1.165, 1.54) is 6.08 Å². The predicted molar refractivity (Wildman–Crippen MR) is 77.0 cm³/mol. The molecule has 0 saturated carbocycles. The average Bonchev–Trinajstić information content (AvgIpc) is 2.48. The molecule has 0 spiro atoms. The van der Waals surface area contributed by atoms with Crippen LogP contribution in [0.3, 0.4) is 0 Å². The predicted octanol–water partition coefficient (Wildman–Crippen LogP) is 0.962. The van der Waals surface area contributed by atoms with Crippen LogP contribution in [0.1, 0.15) is 19.3 Å². The van der Waals surface area contributed by atoms with Gasteiger partial charge in [-0.3, -0.25) is 0 Å². The molecule has 0 unspecified atom stereocenters. The molecule has 5 nitrogen and oxygen atoms in total. The molecule has 0 amide bonds. The highest BCUT2D eigenvalue weighted by Crippen LogP contribution is 2.23. The number of aliphatic hydroxyl groups is 3. The zero-order chi connectivity index (χ0) is 15.4. The molecule has 3 N–H and O–H groups in total. The molecule has 0 saturated heterocycles. The van der Waals surface area contributed by atoms with Crippen molar-refractivity contribution >= 4 is 5.97 Å². The fourth-order valence-corrected chi connectivity index (χ4v) is 1.57. The Hall–Kier alpha value is -1.43. The number of esters is 1. The largest absolute Gasteiger partial charge is 0.458 e. The summed E-state index contributed by atoms with van der Waals surface area (Å²) in [4.78, 5) is 11.7. The number of allylic oxidation sites excluding steroid dienone is 2. The molecular formula is C15H24O5. The Bertz CT molecular complexity index is 334. The highest BCUT2D eigenvalue weighted by Gasteiger charge is 2.27. The van der Waals surface area contributed by atoms with E-state index in [-0.39, 0.29) is 26.4 Å². The number of hydrogen-bond acceptors (Lipinski definition) is 5. The standard InChI is InChI=1S/C15H24O5/c1-3-6-13(14(19)20-9-4-2)7-5-8-15(10-16,11-17)12-18/h3-4,7,16-18H,1-2,5-6,8-12H2. The average molecular weight is 284 g/mol. The van der Waals surface area contributed by atoms with Crippen molar-refractivity contribution < 1.29 is 24.9 Å². The van der Waals surface area contributed by atoms with Crippen molar-refractivity contribution in [2.75, 3.05) is 26.4 Å². The minimum absolute atomic E-state index is 0.140. The second-order valence-corrected chi connectivity index (χ2v) is 4.62. The van der Waals surface area contributed by atoms with Gasteiger partial charge in [-0.25, -0.2) is 4.79 Å². The highest BCUT2D eigenvalue weighted by atomic mass is 16.5. The zero-order valence-corrected chi connectivity index (χ0v) is 11.8. The van der Waals surface area contributed by atoms with Crippen molar-refractivity contribution in [1.82, 2.24) is 0 Å². The number of aliphatic hydroxyl groups excluding tert-OH is 3. The van der Waals surface area contributed by atoms with E-state index < -0.39 is 11.4 Å². The molecule has 0 atom stereocenters. The van der Waals surface area contributed by atoms with Crippen molar-refractivity contribution in [3.8, 4) is 0 Å². The molecule has 0 aliphatic heterocycles. The first-order valence-electron chi connectivity index (χ1n) is 6.49. The molecule has 0 aliphatic rings. The molecule has 0 aliphatic carbocycles. The van der Waals surface area contributed by atoms with Gasteiger partial charge in [-0.05, 0) is 19.3 Å². The molecule has 0 radical (unpaired) electrons. The van der Waals surface area contributed by atoms with Crippen LogP contribution in [0.2, 0.25) is 0 Å². The number of rotatable bonds is 11. The Morgan fingerprint density at radius 2 is 1.70 bits per heavy atom. The summed E-state index contributed by atoms with van der Waals surface area (Å²) in [6, 6.07) is 0. The summed E-state index contributed by atoms with van der Waals surface area (Å²) in [5, 5.41) is 27.6. The van der Waals surface area contributed by atoms with Crippen molar-refractivity contribution in [2.24, 2.45) is 5.41 Å². The smallest absolute Gasteiger partial charge is 0.334 e. The minimum atomic E-state index is -0.930. The summed E-state index contributed by atoms with van der Waals surface area (Å²) in [5.41, 5.74) is -0.467. The van der Waals surface area contributed by atoms with Crippen LogP contribution in [0.5, 0.6) is 0 Å². The Morgan fingerprint density at radius 1 is 1.10 bits per heavy atom. The fourth-order valence-electron chi connectivity index (χ4n) is 1.57. The van der Waals surface area contributed by atoms with Gasteiger partial charge in [-0.1, -0.05) is 24.8 Å². The first kappa shape index (κ1) is 18.6. The van der Waals surface area contributed by atoms with Gasteiger partial charge in [0, 0.05) is 11.0 Å². The molecule has 0 bridgehead atoms. The lowest BCUT2D eigenvalue weighted by atomic mass is 9.85. The van der Waals surface area contributed by atoms with Crippen molar-refractivity contribution in [1.29, 1.82) is 0 Å². The summed E-state index contributed by atoms with van der Waals surface area (Å²) in [6.45, 7) is 6.24. The van der Waals surface area contributed by atoms with Gasteiger partial charge in [0.1, 0.15) is 6.61 Å². The lowest BCUT2D eigenvalue weighted by Crippen LogP contribution is -2.33. The number of ether oxygens (including phenoxy) is 1. The summed E-state index contributed by atoms with van der Waals surface area (Å²) in [7, 11) is 0. The summed E-state index contributed by atoms with van der Waals surface area (Å²) >= 11 is 0. The van der Waals surface area contributed by atoms with Crippen molar-refractivity contribution in [3.05, 3.63) is 37.0 Å². The third kappa shape index (κ3) is 6.14. The van der Waals surface area contributed by atoms with Crippen LogP contribution >= 0.6 is 0 Å². The second kappa shape index (κ2) is 10.4. The van der Waals surface area contributed by atoms with Gasteiger partial charge >= 0.3 is 5.97 Å². The quantitative estimate of drug-likeness (QED) is 0.299. The van der Waals surface area contributed by atoms with E-state index in [1.807, 2.05) is 0 Å². The van der Waals surface area contributed by atoms with Gasteiger partial charge < -0.3 is 20.1 Å². The third-order valence-electron chi connectivity index (χ3n) is 3.03. The Kier molecular flexibility index (Phi) is 9.63. The molecule has 0 rings (SSSR count). The fraction of sp³-hybridized carbons (Fsp3) is 0.533. The van der Waals surface area contributed by atoms with Gasteiger partial charge in [-0.15, -0.1) is 6.58 Å². The maximum absolute atomic E-state index is 11.7. The van der Waals surface area contributed by atoms with E-state index in [9.17, 15) is 20.1 Å². The Morgan fingerprint density at radius 3 is 2.15 bits per heavy atom. The van der Waals surface area contributed by atoms with Crippen LogP contribution in [-0.4, -0.2) is 47.7 Å².